The summed E-state index contributed by atoms with van der Waals surface area (Å²) >= 11 is 0. The number of hydrogen-bond acceptors (Lipinski definition) is 4. The molecule has 0 bridgehead atoms. The van der Waals surface area contributed by atoms with E-state index in [-0.39, 0.29) is 5.82 Å². The molecule has 0 unspecified atom stereocenters. The van der Waals surface area contributed by atoms with Crippen molar-refractivity contribution < 1.29 is 17.2 Å². The van der Waals surface area contributed by atoms with Gasteiger partial charge in [-0.15, -0.1) is 0 Å². The molecule has 6 nitrogen and oxygen atoms in total. The van der Waals surface area contributed by atoms with Crippen molar-refractivity contribution in [3.8, 4) is 0 Å². The SMILES string of the molecule is NS(=O)(=O)N1CCN(Cc2cc3cc(F)ccc3o2)CC1. The van der Waals surface area contributed by atoms with Crippen molar-refractivity contribution in [2.75, 3.05) is 26.2 Å². The summed E-state index contributed by atoms with van der Waals surface area (Å²) < 4.78 is 42.5. The Morgan fingerprint density at radius 1 is 1.19 bits per heavy atom. The van der Waals surface area contributed by atoms with Crippen molar-refractivity contribution in [2.45, 2.75) is 6.54 Å². The minimum Gasteiger partial charge on any atom is -0.460 e. The molecule has 8 heteroatoms. The van der Waals surface area contributed by atoms with E-state index in [2.05, 4.69) is 4.90 Å². The average Bonchev–Trinajstić information content (AvgIpc) is 2.79. The third-order valence-corrected chi connectivity index (χ3v) is 4.68. The molecule has 0 atom stereocenters. The fourth-order valence-corrected chi connectivity index (χ4v) is 3.18. The minimum atomic E-state index is -3.61. The Morgan fingerprint density at radius 3 is 2.57 bits per heavy atom. The Kier molecular flexibility index (Phi) is 3.70. The molecule has 1 aliphatic heterocycles. The molecule has 21 heavy (non-hydrogen) atoms. The van der Waals surface area contributed by atoms with Crippen LogP contribution in [0.15, 0.2) is 28.7 Å². The van der Waals surface area contributed by atoms with E-state index in [0.29, 0.717) is 38.3 Å². The van der Waals surface area contributed by atoms with Gasteiger partial charge >= 0.3 is 0 Å². The molecule has 1 aromatic carbocycles. The normalized spacial score (nSPS) is 18.4. The predicted molar refractivity (Wildman–Crippen MR) is 76.1 cm³/mol. The zero-order chi connectivity index (χ0) is 15.0. The molecule has 1 saturated heterocycles. The van der Waals surface area contributed by atoms with Crippen LogP contribution >= 0.6 is 0 Å². The summed E-state index contributed by atoms with van der Waals surface area (Å²) in [6.07, 6.45) is 0. The highest BCUT2D eigenvalue weighted by Gasteiger charge is 2.24. The smallest absolute Gasteiger partial charge is 0.276 e. The van der Waals surface area contributed by atoms with Crippen LogP contribution in [0, 0.1) is 5.82 Å². The van der Waals surface area contributed by atoms with Gasteiger partial charge in [0, 0.05) is 31.6 Å². The van der Waals surface area contributed by atoms with Gasteiger partial charge in [0.2, 0.25) is 0 Å². The Labute approximate surface area is 122 Å². The standard InChI is InChI=1S/C13H16FN3O3S/c14-11-1-2-13-10(7-11)8-12(20-13)9-16-3-5-17(6-4-16)21(15,18)19/h1-2,7-8H,3-6,9H2,(H2,15,18,19). The maximum absolute atomic E-state index is 13.1. The average molecular weight is 313 g/mol. The quantitative estimate of drug-likeness (QED) is 0.913. The van der Waals surface area contributed by atoms with Gasteiger partial charge in [0.05, 0.1) is 6.54 Å². The van der Waals surface area contributed by atoms with Crippen LogP contribution < -0.4 is 5.14 Å². The molecule has 1 fully saturated rings. The van der Waals surface area contributed by atoms with Gasteiger partial charge in [-0.2, -0.15) is 12.7 Å². The Bertz CT molecular complexity index is 751. The molecule has 1 aromatic heterocycles. The first-order valence-electron chi connectivity index (χ1n) is 6.60. The number of rotatable bonds is 3. The highest BCUT2D eigenvalue weighted by molar-refractivity contribution is 7.86. The molecular weight excluding hydrogens is 297 g/mol. The summed E-state index contributed by atoms with van der Waals surface area (Å²) in [7, 11) is -3.61. The van der Waals surface area contributed by atoms with Gasteiger partial charge in [-0.1, -0.05) is 0 Å². The summed E-state index contributed by atoms with van der Waals surface area (Å²) in [5, 5.41) is 5.83. The maximum Gasteiger partial charge on any atom is 0.276 e. The van der Waals surface area contributed by atoms with Crippen molar-refractivity contribution in [1.82, 2.24) is 9.21 Å². The minimum absolute atomic E-state index is 0.295. The lowest BCUT2D eigenvalue weighted by molar-refractivity contribution is 0.172. The molecule has 0 spiro atoms. The van der Waals surface area contributed by atoms with Crippen LogP contribution in [-0.4, -0.2) is 43.8 Å². The van der Waals surface area contributed by atoms with Crippen molar-refractivity contribution in [1.29, 1.82) is 0 Å². The Morgan fingerprint density at radius 2 is 1.90 bits per heavy atom. The maximum atomic E-state index is 13.1. The summed E-state index contributed by atoms with van der Waals surface area (Å²) in [6.45, 7) is 2.47. The number of nitrogens with two attached hydrogens (primary N) is 1. The molecule has 2 N–H and O–H groups in total. The number of piperazine rings is 1. The molecule has 0 amide bonds. The number of fused-ring (bicyclic) bond motifs is 1. The highest BCUT2D eigenvalue weighted by Crippen LogP contribution is 2.21. The molecular formula is C13H16FN3O3S. The largest absolute Gasteiger partial charge is 0.460 e. The number of halogens is 1. The molecule has 1 aliphatic rings. The second-order valence-electron chi connectivity index (χ2n) is 5.11. The van der Waals surface area contributed by atoms with E-state index in [1.165, 1.54) is 16.4 Å². The highest BCUT2D eigenvalue weighted by atomic mass is 32.2. The number of benzene rings is 1. The summed E-state index contributed by atoms with van der Waals surface area (Å²) in [4.78, 5) is 2.08. The lowest BCUT2D eigenvalue weighted by atomic mass is 10.2. The molecule has 0 aliphatic carbocycles. The first-order chi connectivity index (χ1) is 9.91. The van der Waals surface area contributed by atoms with Crippen LogP contribution in [0.3, 0.4) is 0 Å². The van der Waals surface area contributed by atoms with E-state index >= 15 is 0 Å². The second-order valence-corrected chi connectivity index (χ2v) is 6.66. The summed E-state index contributed by atoms with van der Waals surface area (Å²) in [5.41, 5.74) is 0.648. The van der Waals surface area contributed by atoms with Crippen LogP contribution in [0.2, 0.25) is 0 Å². The van der Waals surface area contributed by atoms with Gasteiger partial charge < -0.3 is 4.42 Å². The van der Waals surface area contributed by atoms with Crippen LogP contribution in [0.4, 0.5) is 4.39 Å². The van der Waals surface area contributed by atoms with E-state index < -0.39 is 10.2 Å². The Balaban J connectivity index is 1.67. The molecule has 114 valence electrons. The van der Waals surface area contributed by atoms with Gasteiger partial charge in [0.1, 0.15) is 17.2 Å². The first-order valence-corrected chi connectivity index (χ1v) is 8.10. The fraction of sp³-hybridized carbons (Fsp3) is 0.385. The monoisotopic (exact) mass is 313 g/mol. The van der Waals surface area contributed by atoms with Crippen molar-refractivity contribution in [3.63, 3.8) is 0 Å². The summed E-state index contributed by atoms with van der Waals surface area (Å²) in [6, 6.07) is 6.21. The number of furan rings is 1. The molecule has 2 heterocycles. The van der Waals surface area contributed by atoms with Crippen LogP contribution in [0.1, 0.15) is 5.76 Å². The molecule has 0 radical (unpaired) electrons. The number of nitrogens with zero attached hydrogens (tertiary/aromatic N) is 2. The Hall–Kier alpha value is -1.48. The zero-order valence-corrected chi connectivity index (χ0v) is 12.1. The topological polar surface area (TPSA) is 79.8 Å². The van der Waals surface area contributed by atoms with Crippen LogP contribution in [0.5, 0.6) is 0 Å². The molecule has 2 aromatic rings. The first kappa shape index (κ1) is 14.5. The van der Waals surface area contributed by atoms with E-state index in [1.807, 2.05) is 6.07 Å². The number of hydrogen-bond donors (Lipinski definition) is 1. The van der Waals surface area contributed by atoms with Gasteiger partial charge in [0.15, 0.2) is 0 Å². The van der Waals surface area contributed by atoms with E-state index in [4.69, 9.17) is 9.56 Å². The van der Waals surface area contributed by atoms with Gasteiger partial charge in [-0.05, 0) is 24.3 Å². The fourth-order valence-electron chi connectivity index (χ4n) is 2.51. The van der Waals surface area contributed by atoms with E-state index in [1.54, 1.807) is 6.07 Å². The lowest BCUT2D eigenvalue weighted by Crippen LogP contribution is -2.50. The van der Waals surface area contributed by atoms with Gasteiger partial charge in [-0.3, -0.25) is 4.90 Å². The zero-order valence-electron chi connectivity index (χ0n) is 11.3. The third kappa shape index (κ3) is 3.24. The van der Waals surface area contributed by atoms with Crippen molar-refractivity contribution >= 4 is 21.2 Å². The van der Waals surface area contributed by atoms with Crippen LogP contribution in [-0.2, 0) is 16.8 Å². The van der Waals surface area contributed by atoms with Gasteiger partial charge in [0.25, 0.3) is 10.2 Å². The van der Waals surface area contributed by atoms with E-state index in [0.717, 1.165) is 11.1 Å². The van der Waals surface area contributed by atoms with Crippen molar-refractivity contribution in [2.24, 2.45) is 5.14 Å². The summed E-state index contributed by atoms with van der Waals surface area (Å²) in [5.74, 6) is 0.441. The molecule has 3 rings (SSSR count). The van der Waals surface area contributed by atoms with Crippen LogP contribution in [0.25, 0.3) is 11.0 Å². The second kappa shape index (κ2) is 5.38. The third-order valence-electron chi connectivity index (χ3n) is 3.60. The van der Waals surface area contributed by atoms with Crippen molar-refractivity contribution in [3.05, 3.63) is 35.8 Å². The van der Waals surface area contributed by atoms with E-state index in [9.17, 15) is 12.8 Å². The lowest BCUT2D eigenvalue weighted by Gasteiger charge is -2.32. The molecule has 0 saturated carbocycles. The van der Waals surface area contributed by atoms with Gasteiger partial charge in [-0.25, -0.2) is 9.53 Å². The predicted octanol–water partition coefficient (Wildman–Crippen LogP) is 0.893.